The normalized spacial score (nSPS) is 12.2. The summed E-state index contributed by atoms with van der Waals surface area (Å²) in [6, 6.07) is 19.5. The highest BCUT2D eigenvalue weighted by atomic mass is 127. The Morgan fingerprint density at radius 3 is 2.21 bits per heavy atom. The van der Waals surface area contributed by atoms with Gasteiger partial charge in [-0.15, -0.1) is 0 Å². The Morgan fingerprint density at radius 1 is 0.875 bits per heavy atom. The first kappa shape index (κ1) is 17.6. The van der Waals surface area contributed by atoms with E-state index < -0.39 is 10.8 Å². The van der Waals surface area contributed by atoms with E-state index in [1.165, 1.54) is 0 Å². The van der Waals surface area contributed by atoms with Crippen molar-refractivity contribution in [2.75, 3.05) is 0 Å². The van der Waals surface area contributed by atoms with E-state index in [2.05, 4.69) is 35.6 Å². The van der Waals surface area contributed by atoms with Gasteiger partial charge in [-0.1, -0.05) is 47.5 Å². The van der Waals surface area contributed by atoms with Gasteiger partial charge in [0.2, 0.25) is 0 Å². The number of rotatable bonds is 3. The summed E-state index contributed by atoms with van der Waals surface area (Å²) in [6.07, 6.45) is 0. The molecule has 0 radical (unpaired) electrons. The Kier molecular flexibility index (Phi) is 5.42. The van der Waals surface area contributed by atoms with Crippen molar-refractivity contribution in [1.82, 2.24) is 0 Å². The van der Waals surface area contributed by atoms with Crippen molar-refractivity contribution in [3.05, 3.63) is 80.4 Å². The molecule has 0 aromatic heterocycles. The Bertz CT molecular complexity index is 899. The summed E-state index contributed by atoms with van der Waals surface area (Å²) in [7, 11) is -1.28. The molecule has 122 valence electrons. The van der Waals surface area contributed by atoms with Gasteiger partial charge in [0, 0.05) is 24.6 Å². The summed E-state index contributed by atoms with van der Waals surface area (Å²) in [5, 5.41) is 0.625. The topological polar surface area (TPSA) is 17.1 Å². The highest BCUT2D eigenvalue weighted by molar-refractivity contribution is 14.1. The lowest BCUT2D eigenvalue weighted by Crippen LogP contribution is -1.99. The van der Waals surface area contributed by atoms with Gasteiger partial charge in [-0.05, 0) is 72.3 Å². The molecule has 0 saturated carbocycles. The van der Waals surface area contributed by atoms with Crippen molar-refractivity contribution >= 4 is 45.0 Å². The van der Waals surface area contributed by atoms with Crippen molar-refractivity contribution in [1.29, 1.82) is 0 Å². The Balaban J connectivity index is 2.22. The van der Waals surface area contributed by atoms with E-state index in [9.17, 15) is 4.21 Å². The lowest BCUT2D eigenvalue weighted by Gasteiger charge is -2.15. The van der Waals surface area contributed by atoms with Crippen LogP contribution in [-0.4, -0.2) is 4.21 Å². The molecule has 0 fully saturated rings. The van der Waals surface area contributed by atoms with E-state index in [4.69, 9.17) is 11.6 Å². The van der Waals surface area contributed by atoms with Crippen molar-refractivity contribution in [3.63, 3.8) is 0 Å². The molecule has 0 aliphatic carbocycles. The van der Waals surface area contributed by atoms with Crippen LogP contribution in [0.4, 0.5) is 0 Å². The largest absolute Gasteiger partial charge is 0.249 e. The second-order valence-electron chi connectivity index (χ2n) is 5.63. The average molecular weight is 467 g/mol. The van der Waals surface area contributed by atoms with Gasteiger partial charge < -0.3 is 0 Å². The van der Waals surface area contributed by atoms with Gasteiger partial charge in [0.15, 0.2) is 0 Å². The van der Waals surface area contributed by atoms with Crippen LogP contribution in [0, 0.1) is 17.4 Å². The van der Waals surface area contributed by atoms with Crippen LogP contribution in [0.1, 0.15) is 11.1 Å². The molecule has 0 unspecified atom stereocenters. The molecule has 24 heavy (non-hydrogen) atoms. The number of benzene rings is 3. The molecule has 0 spiro atoms. The Hall–Kier alpha value is -1.17. The monoisotopic (exact) mass is 466 g/mol. The summed E-state index contributed by atoms with van der Waals surface area (Å²) in [6.45, 7) is 4.08. The summed E-state index contributed by atoms with van der Waals surface area (Å²) < 4.78 is 14.3. The maximum absolute atomic E-state index is 13.2. The highest BCUT2D eigenvalue weighted by Gasteiger charge is 2.19. The van der Waals surface area contributed by atoms with Crippen LogP contribution < -0.4 is 0 Å². The van der Waals surface area contributed by atoms with Gasteiger partial charge in [0.05, 0.1) is 15.7 Å². The molecule has 0 aliphatic heterocycles. The maximum atomic E-state index is 13.2. The molecular formula is C20H16ClIOS. The first-order valence-electron chi connectivity index (χ1n) is 7.51. The van der Waals surface area contributed by atoms with Gasteiger partial charge >= 0.3 is 0 Å². The summed E-state index contributed by atoms with van der Waals surface area (Å²) in [5.74, 6) is 0. The standard InChI is InChI=1S/C20H16ClIOS/c1-13-9-11-15(12-10-13)24(23)18-8-4-6-16(21)20(18)19-14(2)5-3-7-17(19)22/h3-12H,1-2H3/t24-/m0/s1. The molecule has 3 aromatic rings. The molecule has 1 nitrogen and oxygen atoms in total. The fourth-order valence-electron chi connectivity index (χ4n) is 2.64. The zero-order valence-electron chi connectivity index (χ0n) is 13.3. The first-order chi connectivity index (χ1) is 11.5. The van der Waals surface area contributed by atoms with Crippen LogP contribution in [0.5, 0.6) is 0 Å². The van der Waals surface area contributed by atoms with Crippen LogP contribution >= 0.6 is 34.2 Å². The number of aryl methyl sites for hydroxylation is 2. The second kappa shape index (κ2) is 7.38. The smallest absolute Gasteiger partial charge is 0.0856 e. The van der Waals surface area contributed by atoms with Crippen molar-refractivity contribution < 1.29 is 4.21 Å². The van der Waals surface area contributed by atoms with E-state index in [-0.39, 0.29) is 0 Å². The van der Waals surface area contributed by atoms with E-state index in [1.807, 2.05) is 61.5 Å². The minimum atomic E-state index is -1.28. The molecule has 1 atom stereocenters. The van der Waals surface area contributed by atoms with Crippen molar-refractivity contribution in [2.45, 2.75) is 23.6 Å². The number of halogens is 2. The van der Waals surface area contributed by atoms with Gasteiger partial charge in [-0.3, -0.25) is 0 Å². The molecule has 0 amide bonds. The predicted molar refractivity (Wildman–Crippen MR) is 110 cm³/mol. The molecule has 0 N–H and O–H groups in total. The average Bonchev–Trinajstić information content (AvgIpc) is 2.56. The van der Waals surface area contributed by atoms with Crippen molar-refractivity contribution in [2.24, 2.45) is 0 Å². The second-order valence-corrected chi connectivity index (χ2v) is 8.64. The van der Waals surface area contributed by atoms with Gasteiger partial charge in [-0.25, -0.2) is 4.21 Å². The minimum Gasteiger partial charge on any atom is -0.249 e. The van der Waals surface area contributed by atoms with Gasteiger partial charge in [0.1, 0.15) is 0 Å². The van der Waals surface area contributed by atoms with Crippen LogP contribution in [0.3, 0.4) is 0 Å². The van der Waals surface area contributed by atoms with Crippen LogP contribution in [0.25, 0.3) is 11.1 Å². The molecule has 0 bridgehead atoms. The fourth-order valence-corrected chi connectivity index (χ4v) is 5.10. The lowest BCUT2D eigenvalue weighted by molar-refractivity contribution is 0.683. The SMILES string of the molecule is Cc1ccc([S@](=O)c2cccc(Cl)c2-c2c(C)cccc2I)cc1. The fraction of sp³-hybridized carbons (Fsp3) is 0.100. The third-order valence-electron chi connectivity index (χ3n) is 3.88. The van der Waals surface area contributed by atoms with Crippen LogP contribution in [-0.2, 0) is 10.8 Å². The van der Waals surface area contributed by atoms with Crippen molar-refractivity contribution in [3.8, 4) is 11.1 Å². The maximum Gasteiger partial charge on any atom is 0.0856 e. The minimum absolute atomic E-state index is 0.625. The van der Waals surface area contributed by atoms with Crippen LogP contribution in [0.2, 0.25) is 5.02 Å². The third kappa shape index (κ3) is 3.44. The first-order valence-corrected chi connectivity index (χ1v) is 10.1. The summed E-state index contributed by atoms with van der Waals surface area (Å²) >= 11 is 8.83. The molecule has 0 saturated heterocycles. The van der Waals surface area contributed by atoms with Gasteiger partial charge in [0.25, 0.3) is 0 Å². The van der Waals surface area contributed by atoms with Crippen LogP contribution in [0.15, 0.2) is 70.5 Å². The summed E-state index contributed by atoms with van der Waals surface area (Å²) in [5.41, 5.74) is 4.19. The molecule has 3 aromatic carbocycles. The molecule has 0 aliphatic rings. The lowest BCUT2D eigenvalue weighted by atomic mass is 10.0. The van der Waals surface area contributed by atoms with E-state index in [0.717, 1.165) is 35.6 Å². The van der Waals surface area contributed by atoms with E-state index in [1.54, 1.807) is 0 Å². The Labute approximate surface area is 163 Å². The Morgan fingerprint density at radius 2 is 1.54 bits per heavy atom. The highest BCUT2D eigenvalue weighted by Crippen LogP contribution is 2.39. The van der Waals surface area contributed by atoms with Gasteiger partial charge in [-0.2, -0.15) is 0 Å². The molecule has 3 rings (SSSR count). The quantitative estimate of drug-likeness (QED) is 0.408. The number of hydrogen-bond donors (Lipinski definition) is 0. The third-order valence-corrected chi connectivity index (χ3v) is 6.54. The molecule has 4 heteroatoms. The predicted octanol–water partition coefficient (Wildman–Crippen LogP) is 6.40. The molecule has 0 heterocycles. The number of hydrogen-bond acceptors (Lipinski definition) is 1. The zero-order valence-corrected chi connectivity index (χ0v) is 17.1. The van der Waals surface area contributed by atoms with E-state index >= 15 is 0 Å². The summed E-state index contributed by atoms with van der Waals surface area (Å²) in [4.78, 5) is 1.53. The van der Waals surface area contributed by atoms with E-state index in [0.29, 0.717) is 5.02 Å². The molecular weight excluding hydrogens is 451 g/mol. The zero-order chi connectivity index (χ0) is 17.3.